The molecule has 1 saturated heterocycles. The molecule has 9 rings (SSSR count). The highest BCUT2D eigenvalue weighted by Gasteiger charge is 2.31. The highest BCUT2D eigenvalue weighted by Crippen LogP contribution is 2.29. The Kier molecular flexibility index (Phi) is 12.0. The molecule has 1 amide bonds. The van der Waals surface area contributed by atoms with E-state index in [9.17, 15) is 32.3 Å². The number of carboxylic acids is 1. The maximum absolute atomic E-state index is 14.3. The molecule has 8 aromatic rings. The molecular formula is C36H24Br3F3N12O5. The highest BCUT2D eigenvalue weighted by atomic mass is 79.9. The monoisotopic (exact) mass is 998 g/mol. The molecule has 1 aliphatic rings. The Morgan fingerprint density at radius 1 is 0.678 bits per heavy atom. The van der Waals surface area contributed by atoms with E-state index in [1.165, 1.54) is 17.3 Å². The fraction of sp³-hybridized carbons (Fsp3) is 0.111. The number of carbonyl (C=O) groups excluding carboxylic acids is 3. The van der Waals surface area contributed by atoms with Crippen molar-refractivity contribution < 1.29 is 37.5 Å². The summed E-state index contributed by atoms with van der Waals surface area (Å²) >= 11 is 9.48. The molecule has 4 N–H and O–H groups in total. The van der Waals surface area contributed by atoms with E-state index >= 15 is 0 Å². The first-order chi connectivity index (χ1) is 28.3. The van der Waals surface area contributed by atoms with Crippen LogP contribution < -0.4 is 4.90 Å². The molecular weight excluding hydrogens is 977 g/mol. The van der Waals surface area contributed by atoms with Gasteiger partial charge < -0.3 is 29.9 Å². The Morgan fingerprint density at radius 3 is 1.78 bits per heavy atom. The molecule has 1 aromatic carbocycles. The number of ketones is 2. The zero-order valence-corrected chi connectivity index (χ0v) is 34.4. The van der Waals surface area contributed by atoms with Gasteiger partial charge in [-0.3, -0.25) is 14.4 Å². The van der Waals surface area contributed by atoms with Crippen LogP contribution in [0.1, 0.15) is 20.7 Å². The van der Waals surface area contributed by atoms with Gasteiger partial charge in [0.25, 0.3) is 17.5 Å². The molecule has 0 spiro atoms. The second kappa shape index (κ2) is 17.3. The number of halogens is 6. The lowest BCUT2D eigenvalue weighted by molar-refractivity contribution is -0.131. The Hall–Kier alpha value is -6.33. The summed E-state index contributed by atoms with van der Waals surface area (Å²) in [6.07, 6.45) is 7.29. The quantitative estimate of drug-likeness (QED) is 0.0835. The second-order valence-corrected chi connectivity index (χ2v) is 14.6. The molecule has 59 heavy (non-hydrogen) atoms. The highest BCUT2D eigenvalue weighted by molar-refractivity contribution is 9.11. The molecule has 0 bridgehead atoms. The number of carboxylic acid groups (broad SMARTS) is 1. The summed E-state index contributed by atoms with van der Waals surface area (Å²) in [6.45, 7) is 1.51. The maximum Gasteiger partial charge on any atom is 0.377 e. The fourth-order valence-electron chi connectivity index (χ4n) is 6.10. The van der Waals surface area contributed by atoms with Crippen LogP contribution in [0.15, 0.2) is 87.4 Å². The number of pyridine rings is 3. The van der Waals surface area contributed by atoms with Gasteiger partial charge in [0.15, 0.2) is 17.5 Å². The number of benzene rings is 1. The fourth-order valence-corrected chi connectivity index (χ4v) is 7.36. The number of piperazine rings is 1. The molecule has 1 fully saturated rings. The van der Waals surface area contributed by atoms with Crippen molar-refractivity contribution in [2.24, 2.45) is 0 Å². The van der Waals surface area contributed by atoms with Crippen LogP contribution >= 0.6 is 47.8 Å². The topological polar surface area (TPSA) is 225 Å². The molecule has 0 atom stereocenters. The first kappa shape index (κ1) is 40.9. The lowest BCUT2D eigenvalue weighted by Crippen LogP contribution is -2.51. The third-order valence-corrected chi connectivity index (χ3v) is 10.7. The number of fused-ring (bicyclic) bond motifs is 3. The van der Waals surface area contributed by atoms with Gasteiger partial charge in [-0.05, 0) is 76.4 Å². The van der Waals surface area contributed by atoms with E-state index in [2.05, 4.69) is 93.2 Å². The molecule has 17 nitrogen and oxygen atoms in total. The number of Topliss-reactive ketones (excluding diaryl/α,β-unsaturated/α-hetero) is 2. The van der Waals surface area contributed by atoms with E-state index in [1.807, 2.05) is 35.2 Å². The molecule has 1 aliphatic heterocycles. The van der Waals surface area contributed by atoms with E-state index in [0.717, 1.165) is 24.3 Å². The molecule has 300 valence electrons. The summed E-state index contributed by atoms with van der Waals surface area (Å²) in [5, 5.41) is 21.0. The number of H-pyrrole nitrogens is 3. The van der Waals surface area contributed by atoms with E-state index in [4.69, 9.17) is 5.11 Å². The average molecular weight is 1000 g/mol. The van der Waals surface area contributed by atoms with Gasteiger partial charge in [0.2, 0.25) is 5.95 Å². The number of anilines is 1. The minimum absolute atomic E-state index is 0.0129. The van der Waals surface area contributed by atoms with E-state index in [1.54, 1.807) is 16.9 Å². The second-order valence-electron chi connectivity index (χ2n) is 12.3. The number of nitrogens with one attached hydrogen (secondary N) is 3. The van der Waals surface area contributed by atoms with Crippen molar-refractivity contribution in [2.75, 3.05) is 31.1 Å². The van der Waals surface area contributed by atoms with Crippen LogP contribution in [-0.4, -0.2) is 110 Å². The van der Waals surface area contributed by atoms with Crippen molar-refractivity contribution in [1.29, 1.82) is 0 Å². The molecule has 0 radical (unpaired) electrons. The average Bonchev–Trinajstić information content (AvgIpc) is 4.09. The third kappa shape index (κ3) is 8.20. The van der Waals surface area contributed by atoms with Gasteiger partial charge in [-0.2, -0.15) is 4.68 Å². The minimum atomic E-state index is -1.63. The van der Waals surface area contributed by atoms with Gasteiger partial charge in [0.05, 0.1) is 62.7 Å². The number of aromatic nitrogens is 10. The summed E-state index contributed by atoms with van der Waals surface area (Å²) in [6, 6.07) is 11.2. The van der Waals surface area contributed by atoms with Gasteiger partial charge >= 0.3 is 5.97 Å². The van der Waals surface area contributed by atoms with Gasteiger partial charge in [-0.1, -0.05) is 23.3 Å². The normalized spacial score (nSPS) is 12.6. The number of carbonyl (C=O) groups is 4. The molecule has 23 heteroatoms. The van der Waals surface area contributed by atoms with Crippen molar-refractivity contribution in [3.05, 3.63) is 116 Å². The standard InChI is InChI=1S/C20H16BrFN8O2.C9H4BrFN2O3.C7H4BrFN2/c21-18-16-15(14(22)11-24-18)13(10-23-16)17(31)19(32)28-6-8-29(9-7-28)20-25-26-27-30(20)12-4-2-1-3-5-12;10-8-6-5(4(11)2-13-8)3(1-12-6)7(14)9(15)16;8-7-6-4(1-2-10-6)5(9)3-11-7/h1-5,10-11,23H,6-9H2;1-2,12H,(H,15,16);1-3,10H. The van der Waals surface area contributed by atoms with E-state index in [-0.39, 0.29) is 33.2 Å². The molecule has 8 heterocycles. The van der Waals surface area contributed by atoms with E-state index < -0.39 is 35.1 Å². The molecule has 0 unspecified atom stereocenters. The smallest absolute Gasteiger partial charge is 0.377 e. The number of tetrazole rings is 1. The Morgan fingerprint density at radius 2 is 1.22 bits per heavy atom. The molecule has 7 aromatic heterocycles. The number of nitrogens with zero attached hydrogens (tertiary/aromatic N) is 9. The van der Waals surface area contributed by atoms with Crippen molar-refractivity contribution in [3.8, 4) is 5.69 Å². The number of hydrogen-bond acceptors (Lipinski definition) is 11. The number of rotatable bonds is 6. The van der Waals surface area contributed by atoms with Crippen molar-refractivity contribution in [1.82, 2.24) is 55.0 Å². The predicted octanol–water partition coefficient (Wildman–Crippen LogP) is 6.17. The van der Waals surface area contributed by atoms with Crippen molar-refractivity contribution >= 4 is 110 Å². The first-order valence-electron chi connectivity index (χ1n) is 16.9. The number of hydrogen-bond donors (Lipinski definition) is 4. The largest absolute Gasteiger partial charge is 0.475 e. The minimum Gasteiger partial charge on any atom is -0.475 e. The summed E-state index contributed by atoms with van der Waals surface area (Å²) in [5.41, 5.74) is 1.88. The maximum atomic E-state index is 14.3. The Labute approximate surface area is 353 Å². The van der Waals surface area contributed by atoms with Crippen molar-refractivity contribution in [2.45, 2.75) is 0 Å². The van der Waals surface area contributed by atoms with Gasteiger partial charge in [0, 0.05) is 50.2 Å². The zero-order chi connectivity index (χ0) is 42.0. The summed E-state index contributed by atoms with van der Waals surface area (Å²) in [4.78, 5) is 70.5. The number of aliphatic carboxylic acids is 1. The van der Waals surface area contributed by atoms with Gasteiger partial charge in [-0.15, -0.1) is 0 Å². The summed E-state index contributed by atoms with van der Waals surface area (Å²) in [5.74, 6) is -5.40. The van der Waals surface area contributed by atoms with Crippen LogP contribution in [0.2, 0.25) is 0 Å². The number of amides is 1. The van der Waals surface area contributed by atoms with Crippen LogP contribution in [0.5, 0.6) is 0 Å². The number of para-hydroxylation sites is 1. The predicted molar refractivity (Wildman–Crippen MR) is 215 cm³/mol. The van der Waals surface area contributed by atoms with Crippen LogP contribution in [0.25, 0.3) is 38.4 Å². The van der Waals surface area contributed by atoms with E-state index in [0.29, 0.717) is 62.4 Å². The van der Waals surface area contributed by atoms with Crippen LogP contribution in [0.3, 0.4) is 0 Å². The third-order valence-electron chi connectivity index (χ3n) is 8.92. The lowest BCUT2D eigenvalue weighted by atomic mass is 10.1. The van der Waals surface area contributed by atoms with Crippen LogP contribution in [0, 0.1) is 17.5 Å². The number of aromatic amines is 3. The SMILES string of the molecule is Fc1cnc(Br)c2[nH]ccc12.O=C(C(=O)N1CCN(c2nnnn2-c2ccccc2)CC1)c1c[nH]c2c(Br)ncc(F)c12.O=C(O)C(=O)c1c[nH]c2c(Br)ncc(F)c12. The Bertz CT molecular complexity index is 2860. The summed E-state index contributed by atoms with van der Waals surface area (Å²) in [7, 11) is 0. The zero-order valence-electron chi connectivity index (χ0n) is 29.6. The van der Waals surface area contributed by atoms with Gasteiger partial charge in [0.1, 0.15) is 13.8 Å². The summed E-state index contributed by atoms with van der Waals surface area (Å²) < 4.78 is 43.6. The Balaban J connectivity index is 0.000000161. The van der Waals surface area contributed by atoms with Crippen LogP contribution in [0.4, 0.5) is 19.1 Å². The van der Waals surface area contributed by atoms with Crippen LogP contribution in [-0.2, 0) is 9.59 Å². The van der Waals surface area contributed by atoms with Crippen molar-refractivity contribution in [3.63, 3.8) is 0 Å². The molecule has 0 aliphatic carbocycles. The molecule has 0 saturated carbocycles. The first-order valence-corrected chi connectivity index (χ1v) is 19.3. The van der Waals surface area contributed by atoms with Gasteiger partial charge in [-0.25, -0.2) is 32.9 Å². The lowest BCUT2D eigenvalue weighted by Gasteiger charge is -2.34.